The molecule has 40 heavy (non-hydrogen) atoms. The van der Waals surface area contributed by atoms with Crippen LogP contribution in [0.15, 0.2) is 0 Å². The molecular weight excluding hydrogens is 485 g/mol. The van der Waals surface area contributed by atoms with Crippen LogP contribution in [0.3, 0.4) is 0 Å². The first kappa shape index (κ1) is 42.2. The van der Waals surface area contributed by atoms with E-state index in [9.17, 15) is 9.90 Å². The molecule has 0 aliphatic heterocycles. The minimum Gasteiger partial charge on any atom is -0.549 e. The van der Waals surface area contributed by atoms with Gasteiger partial charge < -0.3 is 9.90 Å². The van der Waals surface area contributed by atoms with Crippen molar-refractivity contribution in [2.45, 2.75) is 206 Å². The van der Waals surface area contributed by atoms with Crippen LogP contribution in [0.25, 0.3) is 0 Å². The predicted molar refractivity (Wildman–Crippen MR) is 171 cm³/mol. The van der Waals surface area contributed by atoms with E-state index in [1.807, 2.05) is 0 Å². The molecule has 234 valence electrons. The molecule has 0 N–H and O–H groups in total. The summed E-state index contributed by atoms with van der Waals surface area (Å²) in [4.78, 5) is 13.3. The van der Waals surface area contributed by atoms with Crippen LogP contribution < -0.4 is 24.0 Å². The SMILES string of the molecule is CCCCCCCCCCCCCCCCCN(CCCCCCCCCCCCCCCCC)CC(=O)[O-].[Li+]. The summed E-state index contributed by atoms with van der Waals surface area (Å²) in [5.41, 5.74) is 0. The number of aliphatic carboxylic acids is 1. The summed E-state index contributed by atoms with van der Waals surface area (Å²) >= 11 is 0. The second kappa shape index (κ2) is 37.1. The fraction of sp³-hybridized carbons (Fsp3) is 0.972. The van der Waals surface area contributed by atoms with E-state index in [2.05, 4.69) is 18.7 Å². The third kappa shape index (κ3) is 36.1. The van der Waals surface area contributed by atoms with E-state index in [1.54, 1.807) is 0 Å². The third-order valence-electron chi connectivity index (χ3n) is 8.51. The van der Waals surface area contributed by atoms with E-state index in [0.717, 1.165) is 25.9 Å². The van der Waals surface area contributed by atoms with Gasteiger partial charge in [-0.1, -0.05) is 194 Å². The van der Waals surface area contributed by atoms with Crippen LogP contribution >= 0.6 is 0 Å². The smallest absolute Gasteiger partial charge is 0.549 e. The van der Waals surface area contributed by atoms with Crippen molar-refractivity contribution in [1.29, 1.82) is 0 Å². The summed E-state index contributed by atoms with van der Waals surface area (Å²) in [6.07, 6.45) is 41.1. The summed E-state index contributed by atoms with van der Waals surface area (Å²) in [5, 5.41) is 11.2. The van der Waals surface area contributed by atoms with Gasteiger partial charge in [-0.05, 0) is 25.9 Å². The van der Waals surface area contributed by atoms with Gasteiger partial charge in [0, 0.05) is 6.54 Å². The van der Waals surface area contributed by atoms with Crippen molar-refractivity contribution in [2.24, 2.45) is 0 Å². The van der Waals surface area contributed by atoms with Gasteiger partial charge in [0.1, 0.15) is 0 Å². The van der Waals surface area contributed by atoms with Crippen molar-refractivity contribution in [1.82, 2.24) is 4.90 Å². The molecule has 0 radical (unpaired) electrons. The minimum atomic E-state index is -0.920. The fourth-order valence-corrected chi connectivity index (χ4v) is 5.87. The maximum absolute atomic E-state index is 11.2. The van der Waals surface area contributed by atoms with Gasteiger partial charge in [0.05, 0.1) is 5.97 Å². The van der Waals surface area contributed by atoms with Crippen molar-refractivity contribution in [3.05, 3.63) is 0 Å². The van der Waals surface area contributed by atoms with E-state index in [-0.39, 0.29) is 25.4 Å². The van der Waals surface area contributed by atoms with E-state index in [0.29, 0.717) is 0 Å². The quantitative estimate of drug-likeness (QED) is 0.0599. The van der Waals surface area contributed by atoms with E-state index in [1.165, 1.54) is 180 Å². The molecule has 0 rings (SSSR count). The van der Waals surface area contributed by atoms with Gasteiger partial charge >= 0.3 is 18.9 Å². The molecular formula is C36H72LiNO2. The van der Waals surface area contributed by atoms with E-state index < -0.39 is 5.97 Å². The monoisotopic (exact) mass is 558 g/mol. The fourth-order valence-electron chi connectivity index (χ4n) is 5.87. The van der Waals surface area contributed by atoms with Gasteiger partial charge in [0.15, 0.2) is 0 Å². The van der Waals surface area contributed by atoms with Gasteiger partial charge in [-0.25, -0.2) is 0 Å². The molecule has 0 saturated carbocycles. The molecule has 0 aliphatic rings. The van der Waals surface area contributed by atoms with Crippen LogP contribution in [-0.2, 0) is 4.79 Å². The Balaban J connectivity index is 0. The maximum Gasteiger partial charge on any atom is 1.00 e. The Hall–Kier alpha value is 0.0274. The molecule has 0 aromatic heterocycles. The van der Waals surface area contributed by atoms with E-state index >= 15 is 0 Å². The molecule has 3 nitrogen and oxygen atoms in total. The molecule has 0 aromatic carbocycles. The largest absolute Gasteiger partial charge is 1.00 e. The van der Waals surface area contributed by atoms with Gasteiger partial charge in [-0.2, -0.15) is 0 Å². The number of rotatable bonds is 34. The molecule has 0 spiro atoms. The van der Waals surface area contributed by atoms with Gasteiger partial charge in [0.2, 0.25) is 0 Å². The van der Waals surface area contributed by atoms with Crippen molar-refractivity contribution < 1.29 is 28.8 Å². The number of unbranched alkanes of at least 4 members (excludes halogenated alkanes) is 28. The summed E-state index contributed by atoms with van der Waals surface area (Å²) in [6.45, 7) is 6.52. The number of nitrogens with zero attached hydrogens (tertiary/aromatic N) is 1. The maximum atomic E-state index is 11.2. The van der Waals surface area contributed by atoms with Crippen LogP contribution in [-0.4, -0.2) is 30.5 Å². The third-order valence-corrected chi connectivity index (χ3v) is 8.51. The molecule has 0 unspecified atom stereocenters. The minimum absolute atomic E-state index is 0. The molecule has 0 aliphatic carbocycles. The Labute approximate surface area is 265 Å². The van der Waals surface area contributed by atoms with Crippen LogP contribution in [0.1, 0.15) is 206 Å². The Kier molecular flexibility index (Phi) is 39.1. The molecule has 0 bridgehead atoms. The van der Waals surface area contributed by atoms with Crippen LogP contribution in [0.5, 0.6) is 0 Å². The van der Waals surface area contributed by atoms with Gasteiger partial charge in [-0.15, -0.1) is 0 Å². The molecule has 0 heterocycles. The molecule has 0 amide bonds. The van der Waals surface area contributed by atoms with Crippen molar-refractivity contribution in [3.63, 3.8) is 0 Å². The zero-order chi connectivity index (χ0) is 28.5. The first-order valence-electron chi connectivity index (χ1n) is 18.1. The number of hydrogen-bond acceptors (Lipinski definition) is 3. The summed E-state index contributed by atoms with van der Waals surface area (Å²) in [6, 6.07) is 0. The standard InChI is InChI=1S/C36H73NO2.Li/c1-3-5-7-9-11-13-15-17-19-21-23-25-27-29-31-33-37(35-36(38)39)34-32-30-28-26-24-22-20-18-16-14-12-10-8-6-4-2;/h3-35H2,1-2H3,(H,38,39);/q;+1/p-1. The predicted octanol–water partition coefficient (Wildman–Crippen LogP) is 7.79. The first-order chi connectivity index (χ1) is 19.2. The average Bonchev–Trinajstić information content (AvgIpc) is 2.92. The van der Waals surface area contributed by atoms with Crippen molar-refractivity contribution in [3.8, 4) is 0 Å². The second-order valence-electron chi connectivity index (χ2n) is 12.5. The second-order valence-corrected chi connectivity index (χ2v) is 12.5. The zero-order valence-corrected chi connectivity index (χ0v) is 28.1. The molecule has 0 atom stereocenters. The number of carboxylic acids is 1. The normalized spacial score (nSPS) is 11.3. The summed E-state index contributed by atoms with van der Waals surface area (Å²) in [7, 11) is 0. The van der Waals surface area contributed by atoms with Crippen molar-refractivity contribution in [2.75, 3.05) is 19.6 Å². The number of carbonyl (C=O) groups excluding carboxylic acids is 1. The molecule has 0 aromatic rings. The summed E-state index contributed by atoms with van der Waals surface area (Å²) < 4.78 is 0. The van der Waals surface area contributed by atoms with Gasteiger partial charge in [-0.3, -0.25) is 4.90 Å². The first-order valence-corrected chi connectivity index (χ1v) is 18.1. The number of carbonyl (C=O) groups is 1. The number of carboxylic acid groups (broad SMARTS) is 1. The topological polar surface area (TPSA) is 43.4 Å². The molecule has 0 saturated heterocycles. The summed E-state index contributed by atoms with van der Waals surface area (Å²) in [5.74, 6) is -0.920. The van der Waals surface area contributed by atoms with Crippen LogP contribution in [0, 0.1) is 0 Å². The molecule has 0 fully saturated rings. The van der Waals surface area contributed by atoms with Crippen molar-refractivity contribution >= 4 is 5.97 Å². The Morgan fingerprint density at radius 2 is 0.600 bits per heavy atom. The van der Waals surface area contributed by atoms with Crippen LogP contribution in [0.2, 0.25) is 0 Å². The Bertz CT molecular complexity index is 440. The van der Waals surface area contributed by atoms with E-state index in [4.69, 9.17) is 0 Å². The average molecular weight is 558 g/mol. The Morgan fingerprint density at radius 1 is 0.400 bits per heavy atom. The zero-order valence-electron chi connectivity index (χ0n) is 28.1. The molecule has 4 heteroatoms. The van der Waals surface area contributed by atoms with Crippen LogP contribution in [0.4, 0.5) is 0 Å². The van der Waals surface area contributed by atoms with Gasteiger partial charge in [0.25, 0.3) is 0 Å². The Morgan fingerprint density at radius 3 is 0.800 bits per heavy atom. The number of hydrogen-bond donors (Lipinski definition) is 0.